The summed E-state index contributed by atoms with van der Waals surface area (Å²) in [6, 6.07) is 13.4. The predicted octanol–water partition coefficient (Wildman–Crippen LogP) is 4.02. The maximum Gasteiger partial charge on any atom is 0.119 e. The molecule has 2 aromatic rings. The highest BCUT2D eigenvalue weighted by atomic mass is 79.9. The molecule has 0 aliphatic carbocycles. The van der Waals surface area contributed by atoms with Crippen LogP contribution < -0.4 is 4.74 Å². The normalized spacial score (nSPS) is 13.9. The van der Waals surface area contributed by atoms with E-state index in [0.717, 1.165) is 26.9 Å². The van der Waals surface area contributed by atoms with Crippen molar-refractivity contribution in [3.8, 4) is 5.75 Å². The van der Waals surface area contributed by atoms with Gasteiger partial charge in [-0.05, 0) is 43.2 Å². The fourth-order valence-electron chi connectivity index (χ4n) is 2.31. The number of methoxy groups -OCH3 is 1. The largest absolute Gasteiger partial charge is 0.497 e. The molecule has 0 heterocycles. The number of halogens is 1. The standard InChI is InChI=1S/C16H17BrO2/c1-11-10-12(19-3)8-9-13(11)16(2,18)14-6-4-5-7-15(14)17/h4-10,18H,1-3H3. The van der Waals surface area contributed by atoms with E-state index in [1.54, 1.807) is 7.11 Å². The third kappa shape index (κ3) is 2.67. The molecule has 19 heavy (non-hydrogen) atoms. The fraction of sp³-hybridized carbons (Fsp3) is 0.250. The summed E-state index contributed by atoms with van der Waals surface area (Å²) >= 11 is 3.50. The van der Waals surface area contributed by atoms with Crippen LogP contribution in [-0.4, -0.2) is 12.2 Å². The van der Waals surface area contributed by atoms with E-state index in [-0.39, 0.29) is 0 Å². The average Bonchev–Trinajstić information content (AvgIpc) is 2.38. The number of rotatable bonds is 3. The van der Waals surface area contributed by atoms with Gasteiger partial charge in [0.15, 0.2) is 0 Å². The highest BCUT2D eigenvalue weighted by Crippen LogP contribution is 2.36. The van der Waals surface area contributed by atoms with Crippen LogP contribution >= 0.6 is 15.9 Å². The molecule has 2 nitrogen and oxygen atoms in total. The van der Waals surface area contributed by atoms with Gasteiger partial charge in [-0.3, -0.25) is 0 Å². The molecule has 1 unspecified atom stereocenters. The Bertz CT molecular complexity index is 591. The summed E-state index contributed by atoms with van der Waals surface area (Å²) in [6.07, 6.45) is 0. The van der Waals surface area contributed by atoms with Crippen LogP contribution in [0.4, 0.5) is 0 Å². The minimum absolute atomic E-state index is 0.796. The molecule has 0 bridgehead atoms. The molecule has 2 aromatic carbocycles. The molecule has 100 valence electrons. The second-order valence-electron chi connectivity index (χ2n) is 4.73. The van der Waals surface area contributed by atoms with E-state index >= 15 is 0 Å². The third-order valence-corrected chi connectivity index (χ3v) is 4.05. The van der Waals surface area contributed by atoms with Gasteiger partial charge < -0.3 is 9.84 Å². The molecular formula is C16H17BrO2. The zero-order valence-electron chi connectivity index (χ0n) is 11.3. The van der Waals surface area contributed by atoms with Crippen LogP contribution in [0.2, 0.25) is 0 Å². The summed E-state index contributed by atoms with van der Waals surface area (Å²) in [5.74, 6) is 0.796. The number of aryl methyl sites for hydroxylation is 1. The second kappa shape index (κ2) is 5.35. The lowest BCUT2D eigenvalue weighted by Crippen LogP contribution is -2.24. The second-order valence-corrected chi connectivity index (χ2v) is 5.59. The first-order valence-electron chi connectivity index (χ1n) is 6.09. The first kappa shape index (κ1) is 14.1. The van der Waals surface area contributed by atoms with Gasteiger partial charge in [-0.2, -0.15) is 0 Å². The summed E-state index contributed by atoms with van der Waals surface area (Å²) in [4.78, 5) is 0. The Hall–Kier alpha value is -1.32. The van der Waals surface area contributed by atoms with Crippen molar-refractivity contribution >= 4 is 15.9 Å². The van der Waals surface area contributed by atoms with Crippen LogP contribution in [0.25, 0.3) is 0 Å². The van der Waals surface area contributed by atoms with Crippen molar-refractivity contribution in [2.24, 2.45) is 0 Å². The minimum Gasteiger partial charge on any atom is -0.497 e. The van der Waals surface area contributed by atoms with Crippen molar-refractivity contribution in [3.63, 3.8) is 0 Å². The summed E-state index contributed by atoms with van der Waals surface area (Å²) in [7, 11) is 1.64. The van der Waals surface area contributed by atoms with Gasteiger partial charge in [-0.1, -0.05) is 40.2 Å². The predicted molar refractivity (Wildman–Crippen MR) is 80.5 cm³/mol. The SMILES string of the molecule is COc1ccc(C(C)(O)c2ccccc2Br)c(C)c1. The first-order chi connectivity index (χ1) is 8.96. The van der Waals surface area contributed by atoms with Crippen LogP contribution in [0.15, 0.2) is 46.9 Å². The molecule has 3 heteroatoms. The van der Waals surface area contributed by atoms with Gasteiger partial charge in [0.25, 0.3) is 0 Å². The zero-order chi connectivity index (χ0) is 14.0. The van der Waals surface area contributed by atoms with Crippen molar-refractivity contribution < 1.29 is 9.84 Å². The lowest BCUT2D eigenvalue weighted by atomic mass is 9.85. The van der Waals surface area contributed by atoms with Crippen LogP contribution in [0.3, 0.4) is 0 Å². The molecular weight excluding hydrogens is 304 g/mol. The quantitative estimate of drug-likeness (QED) is 0.925. The van der Waals surface area contributed by atoms with Crippen molar-refractivity contribution in [2.45, 2.75) is 19.4 Å². The zero-order valence-corrected chi connectivity index (χ0v) is 12.9. The Morgan fingerprint density at radius 2 is 1.79 bits per heavy atom. The van der Waals surface area contributed by atoms with E-state index in [1.807, 2.05) is 56.3 Å². The van der Waals surface area contributed by atoms with Crippen molar-refractivity contribution in [1.29, 1.82) is 0 Å². The van der Waals surface area contributed by atoms with Crippen molar-refractivity contribution in [3.05, 3.63) is 63.6 Å². The number of ether oxygens (including phenoxy) is 1. The van der Waals surface area contributed by atoms with Crippen LogP contribution in [0.5, 0.6) is 5.75 Å². The third-order valence-electron chi connectivity index (χ3n) is 3.36. The Morgan fingerprint density at radius 3 is 2.37 bits per heavy atom. The molecule has 2 rings (SSSR count). The van der Waals surface area contributed by atoms with E-state index in [9.17, 15) is 5.11 Å². The van der Waals surface area contributed by atoms with E-state index in [1.165, 1.54) is 0 Å². The summed E-state index contributed by atoms with van der Waals surface area (Å²) in [6.45, 7) is 3.78. The molecule has 0 aliphatic heterocycles. The Balaban J connectivity index is 2.53. The average molecular weight is 321 g/mol. The van der Waals surface area contributed by atoms with Crippen LogP contribution in [0, 0.1) is 6.92 Å². The fourth-order valence-corrected chi connectivity index (χ4v) is 2.98. The Morgan fingerprint density at radius 1 is 1.11 bits per heavy atom. The van der Waals surface area contributed by atoms with E-state index in [4.69, 9.17) is 4.74 Å². The first-order valence-corrected chi connectivity index (χ1v) is 6.88. The van der Waals surface area contributed by atoms with Crippen LogP contribution in [0.1, 0.15) is 23.6 Å². The number of aliphatic hydroxyl groups is 1. The molecule has 0 aliphatic rings. The highest BCUT2D eigenvalue weighted by Gasteiger charge is 2.29. The summed E-state index contributed by atoms with van der Waals surface area (Å²) < 4.78 is 6.10. The summed E-state index contributed by atoms with van der Waals surface area (Å²) in [5, 5.41) is 10.9. The van der Waals surface area contributed by atoms with Crippen molar-refractivity contribution in [1.82, 2.24) is 0 Å². The smallest absolute Gasteiger partial charge is 0.119 e. The molecule has 0 fully saturated rings. The van der Waals surface area contributed by atoms with E-state index in [2.05, 4.69) is 15.9 Å². The lowest BCUT2D eigenvalue weighted by molar-refractivity contribution is 0.101. The molecule has 1 atom stereocenters. The van der Waals surface area contributed by atoms with Gasteiger partial charge in [0, 0.05) is 10.0 Å². The molecule has 0 saturated carbocycles. The molecule has 1 N–H and O–H groups in total. The maximum atomic E-state index is 10.9. The maximum absolute atomic E-state index is 10.9. The number of hydrogen-bond donors (Lipinski definition) is 1. The van der Waals surface area contributed by atoms with Gasteiger partial charge in [-0.25, -0.2) is 0 Å². The monoisotopic (exact) mass is 320 g/mol. The van der Waals surface area contributed by atoms with Gasteiger partial charge >= 0.3 is 0 Å². The van der Waals surface area contributed by atoms with Crippen LogP contribution in [-0.2, 0) is 5.60 Å². The van der Waals surface area contributed by atoms with Gasteiger partial charge in [0.2, 0.25) is 0 Å². The summed E-state index contributed by atoms with van der Waals surface area (Å²) in [5.41, 5.74) is 1.68. The molecule has 0 aromatic heterocycles. The number of hydrogen-bond acceptors (Lipinski definition) is 2. The van der Waals surface area contributed by atoms with E-state index < -0.39 is 5.60 Å². The van der Waals surface area contributed by atoms with Gasteiger partial charge in [0.1, 0.15) is 11.4 Å². The molecule has 0 amide bonds. The van der Waals surface area contributed by atoms with Gasteiger partial charge in [-0.15, -0.1) is 0 Å². The topological polar surface area (TPSA) is 29.5 Å². The Kier molecular flexibility index (Phi) is 3.97. The minimum atomic E-state index is -1.05. The molecule has 0 radical (unpaired) electrons. The number of benzene rings is 2. The molecule has 0 saturated heterocycles. The lowest BCUT2D eigenvalue weighted by Gasteiger charge is -2.27. The Labute approximate surface area is 122 Å². The molecule has 0 spiro atoms. The van der Waals surface area contributed by atoms with Crippen molar-refractivity contribution in [2.75, 3.05) is 7.11 Å². The highest BCUT2D eigenvalue weighted by molar-refractivity contribution is 9.10. The van der Waals surface area contributed by atoms with E-state index in [0.29, 0.717) is 0 Å². The van der Waals surface area contributed by atoms with Gasteiger partial charge in [0.05, 0.1) is 7.11 Å².